The first-order valence-electron chi connectivity index (χ1n) is 4.68. The van der Waals surface area contributed by atoms with E-state index in [1.54, 1.807) is 43.5 Å². The predicted octanol–water partition coefficient (Wildman–Crippen LogP) is 1.04. The minimum atomic E-state index is -0.530. The number of esters is 1. The van der Waals surface area contributed by atoms with Crippen LogP contribution in [0.5, 0.6) is 5.75 Å². The van der Waals surface area contributed by atoms with Gasteiger partial charge in [-0.2, -0.15) is 0 Å². The van der Waals surface area contributed by atoms with Crippen molar-refractivity contribution >= 4 is 5.97 Å². The lowest BCUT2D eigenvalue weighted by Gasteiger charge is -2.11. The van der Waals surface area contributed by atoms with Gasteiger partial charge < -0.3 is 14.4 Å². The third-order valence-electron chi connectivity index (χ3n) is 1.62. The maximum atomic E-state index is 11.4. The Morgan fingerprint density at radius 1 is 1.50 bits per heavy atom. The monoisotopic (exact) mass is 222 g/mol. The van der Waals surface area contributed by atoms with Gasteiger partial charge in [-0.15, -0.1) is 0 Å². The molecule has 0 aliphatic heterocycles. The number of carbonyl (C=O) groups is 1. The number of methoxy groups -OCH3 is 1. The van der Waals surface area contributed by atoms with Gasteiger partial charge in [0.2, 0.25) is 5.76 Å². The molecule has 1 rings (SSSR count). The smallest absolute Gasteiger partial charge is 0.375 e. The lowest BCUT2D eigenvalue weighted by atomic mass is 10.4. The summed E-state index contributed by atoms with van der Waals surface area (Å²) in [7, 11) is 4.88. The molecule has 0 fully saturated rings. The van der Waals surface area contributed by atoms with Gasteiger partial charge in [-0.1, -0.05) is 0 Å². The molecule has 0 aliphatic rings. The van der Waals surface area contributed by atoms with E-state index in [1.165, 1.54) is 13.3 Å². The maximum Gasteiger partial charge on any atom is 0.375 e. The maximum absolute atomic E-state index is 11.4. The van der Waals surface area contributed by atoms with Crippen LogP contribution in [0.15, 0.2) is 36.5 Å². The van der Waals surface area contributed by atoms with Gasteiger partial charge in [-0.25, -0.2) is 4.79 Å². The quantitative estimate of drug-likeness (QED) is 0.433. The summed E-state index contributed by atoms with van der Waals surface area (Å²) < 4.78 is 9.97. The van der Waals surface area contributed by atoms with Crippen LogP contribution in [0.25, 0.3) is 0 Å². The van der Waals surface area contributed by atoms with Crippen molar-refractivity contribution in [3.8, 4) is 5.75 Å². The van der Waals surface area contributed by atoms with E-state index in [9.17, 15) is 4.79 Å². The molecule has 0 unspecified atom stereocenters. The summed E-state index contributed by atoms with van der Waals surface area (Å²) >= 11 is 0. The van der Waals surface area contributed by atoms with Crippen LogP contribution in [-0.2, 0) is 9.53 Å². The zero-order chi connectivity index (χ0) is 12.0. The molecule has 0 amide bonds. The zero-order valence-electron chi connectivity index (χ0n) is 9.51. The molecular formula is C11H14N2O3. The Morgan fingerprint density at radius 3 is 2.75 bits per heavy atom. The lowest BCUT2D eigenvalue weighted by molar-refractivity contribution is -0.138. The third-order valence-corrected chi connectivity index (χ3v) is 1.62. The second-order valence-electron chi connectivity index (χ2n) is 3.24. The zero-order valence-corrected chi connectivity index (χ0v) is 9.51. The molecule has 86 valence electrons. The Kier molecular flexibility index (Phi) is 4.32. The Labute approximate surface area is 94.3 Å². The van der Waals surface area contributed by atoms with Crippen molar-refractivity contribution in [1.29, 1.82) is 0 Å². The molecule has 1 heterocycles. The number of hydrogen-bond acceptors (Lipinski definition) is 5. The van der Waals surface area contributed by atoms with Crippen LogP contribution in [-0.4, -0.2) is 37.1 Å². The fraction of sp³-hybridized carbons (Fsp3) is 0.273. The molecule has 0 radical (unpaired) electrons. The molecular weight excluding hydrogens is 208 g/mol. The van der Waals surface area contributed by atoms with Gasteiger partial charge in [-0.3, -0.25) is 4.98 Å². The average molecular weight is 222 g/mol. The molecule has 1 aromatic heterocycles. The van der Waals surface area contributed by atoms with E-state index >= 15 is 0 Å². The van der Waals surface area contributed by atoms with E-state index < -0.39 is 5.97 Å². The first-order valence-corrected chi connectivity index (χ1v) is 4.68. The van der Waals surface area contributed by atoms with E-state index in [0.717, 1.165) is 0 Å². The minimum absolute atomic E-state index is 0.112. The van der Waals surface area contributed by atoms with Crippen LogP contribution in [0.2, 0.25) is 0 Å². The molecule has 0 aliphatic carbocycles. The Bertz CT molecular complexity index is 374. The number of carbonyl (C=O) groups excluding carboxylic acids is 1. The van der Waals surface area contributed by atoms with Crippen LogP contribution in [0, 0.1) is 0 Å². The molecule has 0 saturated carbocycles. The number of hydrogen-bond donors (Lipinski definition) is 0. The molecule has 0 bridgehead atoms. The van der Waals surface area contributed by atoms with Crippen molar-refractivity contribution in [2.24, 2.45) is 0 Å². The van der Waals surface area contributed by atoms with E-state index in [4.69, 9.17) is 4.74 Å². The van der Waals surface area contributed by atoms with Crippen LogP contribution in [0.4, 0.5) is 0 Å². The summed E-state index contributed by atoms with van der Waals surface area (Å²) in [5.41, 5.74) is 0. The summed E-state index contributed by atoms with van der Waals surface area (Å²) in [5, 5.41) is 0. The second kappa shape index (κ2) is 5.75. The number of aromatic nitrogens is 1. The normalized spacial score (nSPS) is 10.8. The van der Waals surface area contributed by atoms with E-state index in [1.807, 2.05) is 0 Å². The number of rotatable bonds is 4. The van der Waals surface area contributed by atoms with E-state index in [-0.39, 0.29) is 5.76 Å². The predicted molar refractivity (Wildman–Crippen MR) is 58.7 cm³/mol. The van der Waals surface area contributed by atoms with Gasteiger partial charge in [0, 0.05) is 26.5 Å². The SMILES string of the molecule is COC(=O)/C(=C\N(C)C)Oc1cccnc1. The van der Waals surface area contributed by atoms with Crippen molar-refractivity contribution < 1.29 is 14.3 Å². The summed E-state index contributed by atoms with van der Waals surface area (Å²) in [5.74, 6) is 0.0686. The highest BCUT2D eigenvalue weighted by atomic mass is 16.6. The number of pyridine rings is 1. The topological polar surface area (TPSA) is 51.7 Å². The average Bonchev–Trinajstić information content (AvgIpc) is 2.28. The van der Waals surface area contributed by atoms with E-state index in [2.05, 4.69) is 9.72 Å². The standard InChI is InChI=1S/C11H14N2O3/c1-13(2)8-10(11(14)15-3)16-9-5-4-6-12-7-9/h4-8H,1-3H3/b10-8+. The van der Waals surface area contributed by atoms with Gasteiger partial charge in [0.25, 0.3) is 0 Å². The molecule has 0 atom stereocenters. The molecule has 5 nitrogen and oxygen atoms in total. The molecule has 1 aromatic rings. The van der Waals surface area contributed by atoms with Gasteiger partial charge in [0.05, 0.1) is 13.3 Å². The Balaban J connectivity index is 2.84. The first kappa shape index (κ1) is 12.0. The number of nitrogens with zero attached hydrogens (tertiary/aromatic N) is 2. The van der Waals surface area contributed by atoms with Crippen molar-refractivity contribution in [3.63, 3.8) is 0 Å². The number of ether oxygens (including phenoxy) is 2. The minimum Gasteiger partial charge on any atom is -0.463 e. The van der Waals surface area contributed by atoms with Gasteiger partial charge in [0.15, 0.2) is 0 Å². The van der Waals surface area contributed by atoms with Gasteiger partial charge >= 0.3 is 5.97 Å². The highest BCUT2D eigenvalue weighted by molar-refractivity contribution is 5.86. The summed E-state index contributed by atoms with van der Waals surface area (Å²) in [6.45, 7) is 0. The summed E-state index contributed by atoms with van der Waals surface area (Å²) in [6.07, 6.45) is 4.69. The van der Waals surface area contributed by atoms with Crippen molar-refractivity contribution in [2.75, 3.05) is 21.2 Å². The summed E-state index contributed by atoms with van der Waals surface area (Å²) in [6, 6.07) is 3.43. The summed E-state index contributed by atoms with van der Waals surface area (Å²) in [4.78, 5) is 17.0. The molecule has 0 aromatic carbocycles. The lowest BCUT2D eigenvalue weighted by Crippen LogP contribution is -2.15. The molecule has 16 heavy (non-hydrogen) atoms. The van der Waals surface area contributed by atoms with Gasteiger partial charge in [-0.05, 0) is 12.1 Å². The van der Waals surface area contributed by atoms with Crippen LogP contribution in [0.3, 0.4) is 0 Å². The van der Waals surface area contributed by atoms with Crippen molar-refractivity contribution in [1.82, 2.24) is 9.88 Å². The third kappa shape index (κ3) is 3.61. The highest BCUT2D eigenvalue weighted by Gasteiger charge is 2.12. The van der Waals surface area contributed by atoms with Crippen LogP contribution in [0.1, 0.15) is 0 Å². The molecule has 0 N–H and O–H groups in total. The molecule has 0 saturated heterocycles. The second-order valence-corrected chi connectivity index (χ2v) is 3.24. The fourth-order valence-electron chi connectivity index (χ4n) is 0.990. The van der Waals surface area contributed by atoms with Crippen LogP contribution >= 0.6 is 0 Å². The first-order chi connectivity index (χ1) is 7.63. The van der Waals surface area contributed by atoms with Gasteiger partial charge in [0.1, 0.15) is 5.75 Å². The highest BCUT2D eigenvalue weighted by Crippen LogP contribution is 2.12. The van der Waals surface area contributed by atoms with Crippen LogP contribution < -0.4 is 4.74 Å². The molecule has 0 spiro atoms. The van der Waals surface area contributed by atoms with Crippen molar-refractivity contribution in [3.05, 3.63) is 36.5 Å². The Morgan fingerprint density at radius 2 is 2.25 bits per heavy atom. The van der Waals surface area contributed by atoms with Crippen molar-refractivity contribution in [2.45, 2.75) is 0 Å². The van der Waals surface area contributed by atoms with E-state index in [0.29, 0.717) is 5.75 Å². The Hall–Kier alpha value is -2.04. The fourth-order valence-corrected chi connectivity index (χ4v) is 0.990. The molecule has 5 heteroatoms. The largest absolute Gasteiger partial charge is 0.463 e.